The van der Waals surface area contributed by atoms with E-state index in [1.807, 2.05) is 0 Å². The van der Waals surface area contributed by atoms with Crippen molar-refractivity contribution in [3.8, 4) is 11.1 Å². The van der Waals surface area contributed by atoms with Gasteiger partial charge in [-0.15, -0.1) is 11.3 Å². The van der Waals surface area contributed by atoms with Gasteiger partial charge in [0, 0.05) is 17.0 Å². The molecule has 0 bridgehead atoms. The van der Waals surface area contributed by atoms with E-state index in [0.29, 0.717) is 12.0 Å². The second-order valence-corrected chi connectivity index (χ2v) is 9.59. The fourth-order valence-electron chi connectivity index (χ4n) is 4.77. The van der Waals surface area contributed by atoms with E-state index in [1.54, 1.807) is 11.3 Å². The predicted octanol–water partition coefficient (Wildman–Crippen LogP) is 3.76. The minimum absolute atomic E-state index is 0.490. The summed E-state index contributed by atoms with van der Waals surface area (Å²) in [6.07, 6.45) is 5.17. The van der Waals surface area contributed by atoms with Crippen molar-refractivity contribution in [2.45, 2.75) is 45.2 Å². The first-order valence-electron chi connectivity index (χ1n) is 11.3. The Morgan fingerprint density at radius 3 is 2.70 bits per heavy atom. The number of aromatic nitrogens is 2. The van der Waals surface area contributed by atoms with E-state index in [9.17, 15) is 0 Å². The Morgan fingerprint density at radius 1 is 1.10 bits per heavy atom. The monoisotopic (exact) mass is 423 g/mol. The van der Waals surface area contributed by atoms with E-state index >= 15 is 0 Å². The third kappa shape index (κ3) is 4.22. The number of ether oxygens (including phenoxy) is 1. The molecule has 0 spiro atoms. The van der Waals surface area contributed by atoms with Gasteiger partial charge < -0.3 is 15.0 Å². The molecule has 158 valence electrons. The van der Waals surface area contributed by atoms with Gasteiger partial charge in [-0.25, -0.2) is 9.97 Å². The Kier molecular flexibility index (Phi) is 5.97. The molecule has 3 aromatic rings. The molecule has 2 aliphatic rings. The number of nitrogens with zero attached hydrogens (tertiary/aromatic N) is 2. The molecule has 1 aromatic carbocycles. The number of fused-ring (bicyclic) bond motifs is 1. The maximum absolute atomic E-state index is 5.52. The number of nitrogens with one attached hydrogen (secondary N) is 2. The smallest absolute Gasteiger partial charge is 0.187 e. The highest BCUT2D eigenvalue weighted by Crippen LogP contribution is 2.38. The van der Waals surface area contributed by atoms with Gasteiger partial charge in [0.1, 0.15) is 30.3 Å². The Bertz CT molecular complexity index is 984. The van der Waals surface area contributed by atoms with Crippen LogP contribution in [0.15, 0.2) is 35.7 Å². The molecule has 2 N–H and O–H groups in total. The number of quaternary nitrogens is 1. The topological polar surface area (TPSA) is 51.5 Å². The van der Waals surface area contributed by atoms with Crippen LogP contribution in [-0.4, -0.2) is 42.3 Å². The van der Waals surface area contributed by atoms with E-state index < -0.39 is 0 Å². The lowest BCUT2D eigenvalue weighted by Gasteiger charge is -2.30. The lowest BCUT2D eigenvalue weighted by molar-refractivity contribution is -0.922. The SMILES string of the molecule is C[C@@H]1CCCC[C@@H]1Nc1nc(C[NH+]2CCOCC2)nc2scc(-c3ccccc3)c12. The minimum Gasteiger partial charge on any atom is -0.370 e. The lowest BCUT2D eigenvalue weighted by atomic mass is 9.86. The summed E-state index contributed by atoms with van der Waals surface area (Å²) in [7, 11) is 0. The summed E-state index contributed by atoms with van der Waals surface area (Å²) in [6, 6.07) is 11.1. The zero-order chi connectivity index (χ0) is 20.3. The van der Waals surface area contributed by atoms with Gasteiger partial charge in [-0.1, -0.05) is 50.1 Å². The van der Waals surface area contributed by atoms with Crippen molar-refractivity contribution in [3.63, 3.8) is 0 Å². The Morgan fingerprint density at radius 2 is 1.90 bits per heavy atom. The fourth-order valence-corrected chi connectivity index (χ4v) is 5.73. The van der Waals surface area contributed by atoms with Crippen molar-refractivity contribution in [2.75, 3.05) is 31.6 Å². The number of thiophene rings is 1. The average molecular weight is 424 g/mol. The maximum atomic E-state index is 5.52. The van der Waals surface area contributed by atoms with Gasteiger partial charge in [0.15, 0.2) is 5.82 Å². The highest BCUT2D eigenvalue weighted by atomic mass is 32.1. The second-order valence-electron chi connectivity index (χ2n) is 8.74. The standard InChI is InChI=1S/C24H30N4OS/c1-17-7-5-6-10-20(17)25-23-22-19(18-8-3-2-4-9-18)16-30-24(22)27-21(26-23)15-28-11-13-29-14-12-28/h2-4,8-9,16-17,20H,5-7,10-15H2,1H3,(H,25,26,27)/p+1/t17-,20+/m1/s1. The van der Waals surface area contributed by atoms with Crippen LogP contribution < -0.4 is 10.2 Å². The first-order chi connectivity index (χ1) is 14.8. The molecule has 0 unspecified atom stereocenters. The highest BCUT2D eigenvalue weighted by Gasteiger charge is 2.25. The molecule has 2 atom stereocenters. The summed E-state index contributed by atoms with van der Waals surface area (Å²) in [5, 5.41) is 7.30. The fraction of sp³-hybridized carbons (Fsp3) is 0.500. The van der Waals surface area contributed by atoms with Gasteiger partial charge in [0.2, 0.25) is 0 Å². The average Bonchev–Trinajstić information content (AvgIpc) is 3.21. The predicted molar refractivity (Wildman–Crippen MR) is 123 cm³/mol. The van der Waals surface area contributed by atoms with Crippen LogP contribution in [0, 0.1) is 5.92 Å². The van der Waals surface area contributed by atoms with Gasteiger partial charge in [-0.2, -0.15) is 0 Å². The molecule has 5 rings (SSSR count). The molecule has 0 radical (unpaired) electrons. The summed E-state index contributed by atoms with van der Waals surface area (Å²) >= 11 is 1.74. The third-order valence-electron chi connectivity index (χ3n) is 6.61. The molecule has 1 saturated carbocycles. The zero-order valence-electron chi connectivity index (χ0n) is 17.7. The van der Waals surface area contributed by atoms with Crippen molar-refractivity contribution in [3.05, 3.63) is 41.5 Å². The molecule has 5 nitrogen and oxygen atoms in total. The molecule has 1 aliphatic heterocycles. The van der Waals surface area contributed by atoms with Crippen molar-refractivity contribution >= 4 is 27.4 Å². The Balaban J connectivity index is 1.54. The summed E-state index contributed by atoms with van der Waals surface area (Å²) in [5.74, 6) is 2.66. The van der Waals surface area contributed by atoms with Crippen molar-refractivity contribution < 1.29 is 9.64 Å². The van der Waals surface area contributed by atoms with Crippen molar-refractivity contribution in [1.82, 2.24) is 9.97 Å². The molecular weight excluding hydrogens is 392 g/mol. The molecule has 6 heteroatoms. The van der Waals surface area contributed by atoms with Crippen LogP contribution in [0.2, 0.25) is 0 Å². The second kappa shape index (κ2) is 9.00. The number of anilines is 1. The van der Waals surface area contributed by atoms with Gasteiger partial charge in [0.05, 0.1) is 18.6 Å². The van der Waals surface area contributed by atoms with E-state index in [1.165, 1.54) is 47.1 Å². The van der Waals surface area contributed by atoms with Crippen LogP contribution in [0.25, 0.3) is 21.3 Å². The molecule has 1 aliphatic carbocycles. The van der Waals surface area contributed by atoms with E-state index in [2.05, 4.69) is 48.0 Å². The van der Waals surface area contributed by atoms with Gasteiger partial charge >= 0.3 is 0 Å². The minimum atomic E-state index is 0.490. The quantitative estimate of drug-likeness (QED) is 0.656. The number of rotatable bonds is 5. The van der Waals surface area contributed by atoms with Crippen LogP contribution >= 0.6 is 11.3 Å². The van der Waals surface area contributed by atoms with Crippen LogP contribution in [0.3, 0.4) is 0 Å². The van der Waals surface area contributed by atoms with Crippen molar-refractivity contribution in [1.29, 1.82) is 0 Å². The number of hydrogen-bond acceptors (Lipinski definition) is 5. The number of benzene rings is 1. The molecule has 2 fully saturated rings. The molecule has 2 aromatic heterocycles. The van der Waals surface area contributed by atoms with Gasteiger partial charge in [-0.05, 0) is 24.3 Å². The van der Waals surface area contributed by atoms with E-state index in [-0.39, 0.29) is 0 Å². The zero-order valence-corrected chi connectivity index (χ0v) is 18.5. The van der Waals surface area contributed by atoms with Gasteiger partial charge in [0.25, 0.3) is 0 Å². The van der Waals surface area contributed by atoms with Crippen LogP contribution in [0.1, 0.15) is 38.4 Å². The molecule has 1 saturated heterocycles. The Hall–Kier alpha value is -2.02. The summed E-state index contributed by atoms with van der Waals surface area (Å²) < 4.78 is 5.52. The molecule has 3 heterocycles. The van der Waals surface area contributed by atoms with Crippen molar-refractivity contribution in [2.24, 2.45) is 5.92 Å². The Labute approximate surface area is 182 Å². The molecular formula is C24H31N4OS+. The summed E-state index contributed by atoms with van der Waals surface area (Å²) in [4.78, 5) is 12.7. The van der Waals surface area contributed by atoms with Gasteiger partial charge in [-0.3, -0.25) is 0 Å². The first kappa shape index (κ1) is 19.9. The lowest BCUT2D eigenvalue weighted by Crippen LogP contribution is -3.12. The largest absolute Gasteiger partial charge is 0.370 e. The molecule has 30 heavy (non-hydrogen) atoms. The molecule has 0 amide bonds. The van der Waals surface area contributed by atoms with Crippen LogP contribution in [-0.2, 0) is 11.3 Å². The van der Waals surface area contributed by atoms with Crippen LogP contribution in [0.4, 0.5) is 5.82 Å². The van der Waals surface area contributed by atoms with Crippen LogP contribution in [0.5, 0.6) is 0 Å². The number of morpholine rings is 1. The summed E-state index contributed by atoms with van der Waals surface area (Å²) in [6.45, 7) is 6.97. The maximum Gasteiger partial charge on any atom is 0.187 e. The normalized spacial score (nSPS) is 23.0. The summed E-state index contributed by atoms with van der Waals surface area (Å²) in [5.41, 5.74) is 2.48. The number of hydrogen-bond donors (Lipinski definition) is 2. The third-order valence-corrected chi connectivity index (χ3v) is 7.48. The van der Waals surface area contributed by atoms with E-state index in [0.717, 1.165) is 49.3 Å². The van der Waals surface area contributed by atoms with E-state index in [4.69, 9.17) is 14.7 Å². The first-order valence-corrected chi connectivity index (χ1v) is 12.2. The highest BCUT2D eigenvalue weighted by molar-refractivity contribution is 7.17.